The van der Waals surface area contributed by atoms with Gasteiger partial charge in [0, 0.05) is 32.2 Å². The van der Waals surface area contributed by atoms with Crippen LogP contribution in [-0.4, -0.2) is 74.7 Å². The number of hydrogen-bond acceptors (Lipinski definition) is 5. The molecule has 5 heteroatoms. The number of esters is 1. The van der Waals surface area contributed by atoms with E-state index in [1.165, 1.54) is 7.11 Å². The number of carbonyl (C=O) groups is 1. The number of nitrogens with zero attached hydrogens (tertiary/aromatic N) is 2. The van der Waals surface area contributed by atoms with E-state index >= 15 is 0 Å². The van der Waals surface area contributed by atoms with Crippen LogP contribution >= 0.6 is 0 Å². The van der Waals surface area contributed by atoms with Crippen molar-refractivity contribution in [2.45, 2.75) is 25.9 Å². The molecular weight excluding hydrogens is 218 g/mol. The van der Waals surface area contributed by atoms with Crippen LogP contribution in [0, 0.1) is 0 Å². The molecule has 0 bridgehead atoms. The van der Waals surface area contributed by atoms with Crippen LogP contribution in [0.25, 0.3) is 0 Å². The predicted octanol–water partition coefficient (Wildman–Crippen LogP) is -0.227. The molecule has 1 aliphatic heterocycles. The second-order valence-corrected chi connectivity index (χ2v) is 4.74. The average Bonchev–Trinajstić information content (AvgIpc) is 2.30. The zero-order chi connectivity index (χ0) is 12.8. The van der Waals surface area contributed by atoms with Gasteiger partial charge in [0.15, 0.2) is 0 Å². The second kappa shape index (κ2) is 6.93. The third-order valence-corrected chi connectivity index (χ3v) is 3.32. The molecule has 100 valence electrons. The van der Waals surface area contributed by atoms with Gasteiger partial charge in [0.1, 0.15) is 6.04 Å². The summed E-state index contributed by atoms with van der Waals surface area (Å²) in [4.78, 5) is 16.3. The zero-order valence-electron chi connectivity index (χ0n) is 11.4. The maximum Gasteiger partial charge on any atom is 0.324 e. The molecule has 1 heterocycles. The summed E-state index contributed by atoms with van der Waals surface area (Å²) in [6, 6.07) is 0.274. The van der Waals surface area contributed by atoms with Crippen LogP contribution < -0.4 is 5.32 Å². The third kappa shape index (κ3) is 4.26. The van der Waals surface area contributed by atoms with Crippen LogP contribution in [0.5, 0.6) is 0 Å². The fourth-order valence-corrected chi connectivity index (χ4v) is 2.29. The molecule has 0 aromatic carbocycles. The minimum atomic E-state index is -0.212. The van der Waals surface area contributed by atoms with Crippen molar-refractivity contribution in [1.82, 2.24) is 15.1 Å². The molecule has 1 fully saturated rings. The summed E-state index contributed by atoms with van der Waals surface area (Å²) in [5.41, 5.74) is 0. The standard InChI is InChI=1S/C12H25N3O2/c1-5-13-11(12(16)17-4)9-15-7-6-14(3)8-10(15)2/h10-11,13H,5-9H2,1-4H3. The summed E-state index contributed by atoms with van der Waals surface area (Å²) < 4.78 is 4.82. The SMILES string of the molecule is CCNC(CN1CCN(C)CC1C)C(=O)OC. The highest BCUT2D eigenvalue weighted by Crippen LogP contribution is 2.08. The predicted molar refractivity (Wildman–Crippen MR) is 68.0 cm³/mol. The number of hydrogen-bond donors (Lipinski definition) is 1. The van der Waals surface area contributed by atoms with Gasteiger partial charge in [0.25, 0.3) is 0 Å². The number of carbonyl (C=O) groups excluding carboxylic acids is 1. The van der Waals surface area contributed by atoms with E-state index < -0.39 is 0 Å². The molecule has 0 aromatic rings. The first kappa shape index (κ1) is 14.4. The van der Waals surface area contributed by atoms with E-state index in [2.05, 4.69) is 29.1 Å². The lowest BCUT2D eigenvalue weighted by molar-refractivity contribution is -0.144. The van der Waals surface area contributed by atoms with Crippen molar-refractivity contribution in [3.8, 4) is 0 Å². The molecule has 17 heavy (non-hydrogen) atoms. The topological polar surface area (TPSA) is 44.8 Å². The van der Waals surface area contributed by atoms with Gasteiger partial charge in [-0.1, -0.05) is 6.92 Å². The summed E-state index contributed by atoms with van der Waals surface area (Å²) >= 11 is 0. The lowest BCUT2D eigenvalue weighted by Crippen LogP contribution is -2.56. The van der Waals surface area contributed by atoms with E-state index in [1.807, 2.05) is 6.92 Å². The maximum absolute atomic E-state index is 11.6. The molecule has 0 aromatic heterocycles. The fourth-order valence-electron chi connectivity index (χ4n) is 2.29. The van der Waals surface area contributed by atoms with Gasteiger partial charge in [0.05, 0.1) is 7.11 Å². The summed E-state index contributed by atoms with van der Waals surface area (Å²) in [5, 5.41) is 3.18. The Morgan fingerprint density at radius 2 is 2.24 bits per heavy atom. The number of likely N-dealkylation sites (N-methyl/N-ethyl adjacent to an activating group) is 2. The van der Waals surface area contributed by atoms with Crippen LogP contribution in [0.15, 0.2) is 0 Å². The van der Waals surface area contributed by atoms with Crippen LogP contribution in [0.1, 0.15) is 13.8 Å². The zero-order valence-corrected chi connectivity index (χ0v) is 11.4. The van der Waals surface area contributed by atoms with E-state index in [9.17, 15) is 4.79 Å². The Morgan fingerprint density at radius 3 is 2.76 bits per heavy atom. The summed E-state index contributed by atoms with van der Waals surface area (Å²) in [7, 11) is 3.58. The Balaban J connectivity index is 2.51. The Kier molecular flexibility index (Phi) is 5.88. The molecule has 0 radical (unpaired) electrons. The molecule has 1 rings (SSSR count). The summed E-state index contributed by atoms with van der Waals surface area (Å²) in [6.45, 7) is 8.84. The van der Waals surface area contributed by atoms with E-state index in [1.54, 1.807) is 0 Å². The lowest BCUT2D eigenvalue weighted by atomic mass is 10.1. The van der Waals surface area contributed by atoms with Crippen molar-refractivity contribution >= 4 is 5.97 Å². The van der Waals surface area contributed by atoms with E-state index in [0.717, 1.165) is 32.7 Å². The van der Waals surface area contributed by atoms with Crippen molar-refractivity contribution in [3.05, 3.63) is 0 Å². The van der Waals surface area contributed by atoms with Crippen LogP contribution in [0.4, 0.5) is 0 Å². The summed E-state index contributed by atoms with van der Waals surface area (Å²) in [5.74, 6) is -0.169. The highest BCUT2D eigenvalue weighted by molar-refractivity contribution is 5.75. The minimum absolute atomic E-state index is 0.169. The Morgan fingerprint density at radius 1 is 1.53 bits per heavy atom. The molecular formula is C12H25N3O2. The van der Waals surface area contributed by atoms with Crippen LogP contribution in [0.2, 0.25) is 0 Å². The van der Waals surface area contributed by atoms with Crippen molar-refractivity contribution in [1.29, 1.82) is 0 Å². The maximum atomic E-state index is 11.6. The minimum Gasteiger partial charge on any atom is -0.468 e. The first-order valence-electron chi connectivity index (χ1n) is 6.32. The van der Waals surface area contributed by atoms with E-state index in [0.29, 0.717) is 6.04 Å². The number of piperazine rings is 1. The molecule has 1 aliphatic rings. The van der Waals surface area contributed by atoms with Crippen molar-refractivity contribution in [2.24, 2.45) is 0 Å². The molecule has 5 nitrogen and oxygen atoms in total. The number of rotatable bonds is 5. The van der Waals surface area contributed by atoms with Gasteiger partial charge in [-0.2, -0.15) is 0 Å². The highest BCUT2D eigenvalue weighted by atomic mass is 16.5. The van der Waals surface area contributed by atoms with Crippen molar-refractivity contribution < 1.29 is 9.53 Å². The van der Waals surface area contributed by atoms with Crippen LogP contribution in [-0.2, 0) is 9.53 Å². The molecule has 0 amide bonds. The first-order valence-corrected chi connectivity index (χ1v) is 6.32. The largest absolute Gasteiger partial charge is 0.468 e. The normalized spacial score (nSPS) is 24.6. The van der Waals surface area contributed by atoms with E-state index in [4.69, 9.17) is 4.74 Å². The first-order chi connectivity index (χ1) is 8.08. The average molecular weight is 243 g/mol. The van der Waals surface area contributed by atoms with Crippen molar-refractivity contribution in [3.63, 3.8) is 0 Å². The van der Waals surface area contributed by atoms with Gasteiger partial charge in [0.2, 0.25) is 0 Å². The highest BCUT2D eigenvalue weighted by Gasteiger charge is 2.27. The second-order valence-electron chi connectivity index (χ2n) is 4.74. The number of nitrogens with one attached hydrogen (secondary N) is 1. The smallest absolute Gasteiger partial charge is 0.324 e. The van der Waals surface area contributed by atoms with Gasteiger partial charge in [-0.05, 0) is 20.5 Å². The van der Waals surface area contributed by atoms with Gasteiger partial charge in [-0.3, -0.25) is 9.69 Å². The third-order valence-electron chi connectivity index (χ3n) is 3.32. The molecule has 2 unspecified atom stereocenters. The Bertz CT molecular complexity index is 248. The molecule has 1 N–H and O–H groups in total. The van der Waals surface area contributed by atoms with Gasteiger partial charge in [-0.25, -0.2) is 0 Å². The Labute approximate surface area is 104 Å². The monoisotopic (exact) mass is 243 g/mol. The molecule has 2 atom stereocenters. The molecule has 1 saturated heterocycles. The summed E-state index contributed by atoms with van der Waals surface area (Å²) in [6.07, 6.45) is 0. The van der Waals surface area contributed by atoms with E-state index in [-0.39, 0.29) is 12.0 Å². The van der Waals surface area contributed by atoms with Gasteiger partial charge >= 0.3 is 5.97 Å². The van der Waals surface area contributed by atoms with Gasteiger partial charge < -0.3 is 15.0 Å². The quantitative estimate of drug-likeness (QED) is 0.676. The molecule has 0 saturated carbocycles. The van der Waals surface area contributed by atoms with Crippen LogP contribution in [0.3, 0.4) is 0 Å². The fraction of sp³-hybridized carbons (Fsp3) is 0.917. The molecule has 0 spiro atoms. The Hall–Kier alpha value is -0.650. The number of methoxy groups -OCH3 is 1. The molecule has 0 aliphatic carbocycles. The van der Waals surface area contributed by atoms with Crippen molar-refractivity contribution in [2.75, 3.05) is 46.9 Å². The van der Waals surface area contributed by atoms with Gasteiger partial charge in [-0.15, -0.1) is 0 Å². The number of ether oxygens (including phenoxy) is 1. The lowest BCUT2D eigenvalue weighted by Gasteiger charge is -2.39.